The average molecular weight is 334 g/mol. The zero-order valence-electron chi connectivity index (χ0n) is 14.0. The van der Waals surface area contributed by atoms with Crippen molar-refractivity contribution in [1.82, 2.24) is 9.78 Å². The molecule has 0 aliphatic heterocycles. The lowest BCUT2D eigenvalue weighted by Gasteiger charge is -2.05. The first-order chi connectivity index (χ1) is 12.0. The summed E-state index contributed by atoms with van der Waals surface area (Å²) >= 11 is 0. The molecule has 0 spiro atoms. The van der Waals surface area contributed by atoms with Gasteiger partial charge in [-0.2, -0.15) is 5.10 Å². The molecular formula is C19H18N4O2. The second-order valence-corrected chi connectivity index (χ2v) is 5.62. The van der Waals surface area contributed by atoms with Crippen LogP contribution in [0.4, 0.5) is 11.4 Å². The summed E-state index contributed by atoms with van der Waals surface area (Å²) in [7, 11) is 1.81. The summed E-state index contributed by atoms with van der Waals surface area (Å²) < 4.78 is 1.68. The molecule has 2 aromatic carbocycles. The van der Waals surface area contributed by atoms with Gasteiger partial charge in [-0.1, -0.05) is 30.3 Å². The predicted molar refractivity (Wildman–Crippen MR) is 97.3 cm³/mol. The number of hydrogen-bond donors (Lipinski definition) is 2. The quantitative estimate of drug-likeness (QED) is 0.768. The molecule has 2 N–H and O–H groups in total. The van der Waals surface area contributed by atoms with E-state index in [0.717, 1.165) is 11.3 Å². The van der Waals surface area contributed by atoms with Crippen LogP contribution in [0, 0.1) is 0 Å². The topological polar surface area (TPSA) is 76.0 Å². The van der Waals surface area contributed by atoms with Gasteiger partial charge >= 0.3 is 0 Å². The van der Waals surface area contributed by atoms with Crippen molar-refractivity contribution in [3.63, 3.8) is 0 Å². The van der Waals surface area contributed by atoms with Gasteiger partial charge in [0, 0.05) is 25.3 Å². The third kappa shape index (κ3) is 3.92. The van der Waals surface area contributed by atoms with E-state index in [0.29, 0.717) is 17.1 Å². The third-order valence-electron chi connectivity index (χ3n) is 3.65. The SMILES string of the molecule is CC(=O)Nc1ccc(NC(=O)c2cc(-c3ccccc3)n(C)n2)cc1. The molecule has 0 saturated heterocycles. The molecule has 1 heterocycles. The van der Waals surface area contributed by atoms with E-state index < -0.39 is 0 Å². The second kappa shape index (κ2) is 7.00. The molecule has 126 valence electrons. The van der Waals surface area contributed by atoms with Crippen LogP contribution < -0.4 is 10.6 Å². The van der Waals surface area contributed by atoms with Crippen LogP contribution in [0.2, 0.25) is 0 Å². The highest BCUT2D eigenvalue weighted by atomic mass is 16.2. The summed E-state index contributed by atoms with van der Waals surface area (Å²) in [5.41, 5.74) is 3.51. The molecule has 0 aliphatic rings. The van der Waals surface area contributed by atoms with Crippen molar-refractivity contribution in [1.29, 1.82) is 0 Å². The number of benzene rings is 2. The lowest BCUT2D eigenvalue weighted by Crippen LogP contribution is -2.13. The molecule has 6 heteroatoms. The highest BCUT2D eigenvalue weighted by Crippen LogP contribution is 2.20. The van der Waals surface area contributed by atoms with Crippen LogP contribution in [-0.2, 0) is 11.8 Å². The molecule has 3 aromatic rings. The number of amides is 2. The Bertz CT molecular complexity index is 899. The summed E-state index contributed by atoms with van der Waals surface area (Å²) in [4.78, 5) is 23.4. The van der Waals surface area contributed by atoms with E-state index in [-0.39, 0.29) is 11.8 Å². The molecule has 6 nitrogen and oxygen atoms in total. The number of carbonyl (C=O) groups is 2. The minimum Gasteiger partial charge on any atom is -0.326 e. The average Bonchev–Trinajstić information content (AvgIpc) is 2.99. The molecule has 3 rings (SSSR count). The molecule has 0 aliphatic carbocycles. The fourth-order valence-corrected chi connectivity index (χ4v) is 2.49. The largest absolute Gasteiger partial charge is 0.326 e. The Hall–Kier alpha value is -3.41. The summed E-state index contributed by atoms with van der Waals surface area (Å²) in [6.45, 7) is 1.45. The molecule has 0 radical (unpaired) electrons. The minimum atomic E-state index is -0.287. The van der Waals surface area contributed by atoms with Crippen molar-refractivity contribution in [3.05, 3.63) is 66.4 Å². The molecule has 0 atom stereocenters. The standard InChI is InChI=1S/C19H18N4O2/c1-13(24)20-15-8-10-16(11-9-15)21-19(25)17-12-18(23(2)22-17)14-6-4-3-5-7-14/h3-12H,1-2H3,(H,20,24)(H,21,25). The van der Waals surface area contributed by atoms with Crippen LogP contribution in [0.1, 0.15) is 17.4 Å². The molecule has 0 fully saturated rings. The van der Waals surface area contributed by atoms with Crippen LogP contribution in [-0.4, -0.2) is 21.6 Å². The van der Waals surface area contributed by atoms with Crippen molar-refractivity contribution in [2.45, 2.75) is 6.92 Å². The van der Waals surface area contributed by atoms with Gasteiger partial charge in [-0.05, 0) is 35.9 Å². The molecular weight excluding hydrogens is 316 g/mol. The number of nitrogens with zero attached hydrogens (tertiary/aromatic N) is 2. The zero-order chi connectivity index (χ0) is 17.8. The van der Waals surface area contributed by atoms with Crippen LogP contribution in [0.5, 0.6) is 0 Å². The Morgan fingerprint density at radius 1 is 0.920 bits per heavy atom. The van der Waals surface area contributed by atoms with E-state index in [2.05, 4.69) is 15.7 Å². The first-order valence-corrected chi connectivity index (χ1v) is 7.81. The van der Waals surface area contributed by atoms with Crippen molar-refractivity contribution in [3.8, 4) is 11.3 Å². The van der Waals surface area contributed by atoms with Gasteiger partial charge in [0.25, 0.3) is 5.91 Å². The lowest BCUT2D eigenvalue weighted by atomic mass is 10.1. The molecule has 1 aromatic heterocycles. The fourth-order valence-electron chi connectivity index (χ4n) is 2.49. The van der Waals surface area contributed by atoms with Gasteiger partial charge in [0.1, 0.15) is 0 Å². The minimum absolute atomic E-state index is 0.140. The molecule has 0 bridgehead atoms. The Morgan fingerprint density at radius 2 is 1.52 bits per heavy atom. The van der Waals surface area contributed by atoms with Gasteiger partial charge in [0.15, 0.2) is 5.69 Å². The van der Waals surface area contributed by atoms with Gasteiger partial charge in [0.2, 0.25) is 5.91 Å². The van der Waals surface area contributed by atoms with Crippen LogP contribution in [0.25, 0.3) is 11.3 Å². The number of rotatable bonds is 4. The van der Waals surface area contributed by atoms with Crippen LogP contribution in [0.15, 0.2) is 60.7 Å². The Labute approximate surface area is 145 Å². The number of hydrogen-bond acceptors (Lipinski definition) is 3. The van der Waals surface area contributed by atoms with E-state index in [1.54, 1.807) is 42.1 Å². The summed E-state index contributed by atoms with van der Waals surface area (Å²) in [6, 6.07) is 18.4. The van der Waals surface area contributed by atoms with Gasteiger partial charge in [-0.25, -0.2) is 0 Å². The number of aromatic nitrogens is 2. The number of anilines is 2. The highest BCUT2D eigenvalue weighted by molar-refractivity contribution is 6.03. The van der Waals surface area contributed by atoms with Gasteiger partial charge in [0.05, 0.1) is 5.69 Å². The summed E-state index contributed by atoms with van der Waals surface area (Å²) in [5, 5.41) is 9.77. The molecule has 25 heavy (non-hydrogen) atoms. The second-order valence-electron chi connectivity index (χ2n) is 5.62. The highest BCUT2D eigenvalue weighted by Gasteiger charge is 2.14. The predicted octanol–water partition coefficient (Wildman–Crippen LogP) is 3.30. The molecule has 2 amide bonds. The number of aryl methyl sites for hydroxylation is 1. The van der Waals surface area contributed by atoms with Crippen LogP contribution >= 0.6 is 0 Å². The van der Waals surface area contributed by atoms with Crippen LogP contribution in [0.3, 0.4) is 0 Å². The number of nitrogens with one attached hydrogen (secondary N) is 2. The van der Waals surface area contributed by atoms with Crippen molar-refractivity contribution >= 4 is 23.2 Å². The zero-order valence-corrected chi connectivity index (χ0v) is 14.0. The maximum atomic E-state index is 12.4. The summed E-state index contributed by atoms with van der Waals surface area (Å²) in [5.74, 6) is -0.427. The lowest BCUT2D eigenvalue weighted by molar-refractivity contribution is -0.114. The first-order valence-electron chi connectivity index (χ1n) is 7.81. The number of carbonyl (C=O) groups excluding carboxylic acids is 2. The van der Waals surface area contributed by atoms with E-state index >= 15 is 0 Å². The van der Waals surface area contributed by atoms with Crippen molar-refractivity contribution in [2.24, 2.45) is 7.05 Å². The van der Waals surface area contributed by atoms with E-state index in [4.69, 9.17) is 0 Å². The Morgan fingerprint density at radius 3 is 2.12 bits per heavy atom. The Balaban J connectivity index is 1.75. The first kappa shape index (κ1) is 16.4. The van der Waals surface area contributed by atoms with E-state index in [1.807, 2.05) is 30.3 Å². The molecule has 0 unspecified atom stereocenters. The van der Waals surface area contributed by atoms with E-state index in [9.17, 15) is 9.59 Å². The van der Waals surface area contributed by atoms with Gasteiger partial charge in [-0.3, -0.25) is 14.3 Å². The maximum absolute atomic E-state index is 12.4. The molecule has 0 saturated carbocycles. The Kier molecular flexibility index (Phi) is 4.61. The van der Waals surface area contributed by atoms with Gasteiger partial charge in [-0.15, -0.1) is 0 Å². The van der Waals surface area contributed by atoms with Gasteiger partial charge < -0.3 is 10.6 Å². The van der Waals surface area contributed by atoms with Crippen molar-refractivity contribution < 1.29 is 9.59 Å². The van der Waals surface area contributed by atoms with E-state index in [1.165, 1.54) is 6.92 Å². The fraction of sp³-hybridized carbons (Fsp3) is 0.105. The monoisotopic (exact) mass is 334 g/mol. The normalized spacial score (nSPS) is 10.3. The smallest absolute Gasteiger partial charge is 0.276 e. The maximum Gasteiger partial charge on any atom is 0.276 e. The van der Waals surface area contributed by atoms with Crippen molar-refractivity contribution in [2.75, 3.05) is 10.6 Å². The summed E-state index contributed by atoms with van der Waals surface area (Å²) in [6.07, 6.45) is 0. The third-order valence-corrected chi connectivity index (χ3v) is 3.65.